The molecule has 6 heteroatoms. The third-order valence-electron chi connectivity index (χ3n) is 2.33. The number of hydrogen-bond acceptors (Lipinski definition) is 4. The standard InChI is InChI=1S/C11H14N4OS/c1-8(2)15-6-9(4-13-15)3-12-11(16)10-5-14-17-7-10/h4-8H,3H2,1-2H3,(H,12,16). The average molecular weight is 250 g/mol. The third kappa shape index (κ3) is 2.91. The summed E-state index contributed by atoms with van der Waals surface area (Å²) in [5, 5.41) is 8.77. The van der Waals surface area contributed by atoms with Crippen molar-refractivity contribution in [2.75, 3.05) is 0 Å². The summed E-state index contributed by atoms with van der Waals surface area (Å²) >= 11 is 1.27. The summed E-state index contributed by atoms with van der Waals surface area (Å²) < 4.78 is 5.76. The Hall–Kier alpha value is -1.69. The van der Waals surface area contributed by atoms with Gasteiger partial charge in [-0.25, -0.2) is 4.37 Å². The average Bonchev–Trinajstić information content (AvgIpc) is 2.97. The number of hydrogen-bond donors (Lipinski definition) is 1. The van der Waals surface area contributed by atoms with Crippen molar-refractivity contribution in [1.29, 1.82) is 0 Å². The summed E-state index contributed by atoms with van der Waals surface area (Å²) in [5.74, 6) is -0.101. The Kier molecular flexibility index (Phi) is 3.53. The highest BCUT2D eigenvalue weighted by Gasteiger charge is 2.07. The van der Waals surface area contributed by atoms with E-state index in [0.29, 0.717) is 18.2 Å². The van der Waals surface area contributed by atoms with Gasteiger partial charge in [-0.1, -0.05) is 0 Å². The van der Waals surface area contributed by atoms with E-state index in [2.05, 4.69) is 28.6 Å². The van der Waals surface area contributed by atoms with Gasteiger partial charge in [0.15, 0.2) is 0 Å². The smallest absolute Gasteiger partial charge is 0.254 e. The maximum Gasteiger partial charge on any atom is 0.254 e. The molecule has 0 aliphatic carbocycles. The van der Waals surface area contributed by atoms with Gasteiger partial charge in [0.1, 0.15) is 0 Å². The summed E-state index contributed by atoms with van der Waals surface area (Å²) in [5.41, 5.74) is 1.60. The van der Waals surface area contributed by atoms with Crippen molar-refractivity contribution in [1.82, 2.24) is 19.5 Å². The van der Waals surface area contributed by atoms with Crippen molar-refractivity contribution in [3.8, 4) is 0 Å². The second-order valence-electron chi connectivity index (χ2n) is 4.02. The molecule has 0 atom stereocenters. The Morgan fingerprint density at radius 1 is 1.53 bits per heavy atom. The summed E-state index contributed by atoms with van der Waals surface area (Å²) in [6, 6.07) is 0.334. The van der Waals surface area contributed by atoms with Crippen LogP contribution in [0.25, 0.3) is 0 Å². The topological polar surface area (TPSA) is 59.8 Å². The molecule has 0 unspecified atom stereocenters. The molecule has 2 aromatic heterocycles. The first-order valence-electron chi connectivity index (χ1n) is 5.37. The van der Waals surface area contributed by atoms with E-state index < -0.39 is 0 Å². The lowest BCUT2D eigenvalue weighted by Gasteiger charge is -2.03. The van der Waals surface area contributed by atoms with Crippen molar-refractivity contribution in [2.24, 2.45) is 0 Å². The van der Waals surface area contributed by atoms with Crippen molar-refractivity contribution < 1.29 is 4.79 Å². The SMILES string of the molecule is CC(C)n1cc(CNC(=O)c2cnsc2)cn1. The molecule has 1 N–H and O–H groups in total. The third-order valence-corrected chi connectivity index (χ3v) is 2.92. The van der Waals surface area contributed by atoms with Gasteiger partial charge < -0.3 is 5.32 Å². The summed E-state index contributed by atoms with van der Waals surface area (Å²) in [7, 11) is 0. The van der Waals surface area contributed by atoms with Crippen LogP contribution in [0.15, 0.2) is 24.0 Å². The van der Waals surface area contributed by atoms with Gasteiger partial charge in [0.2, 0.25) is 0 Å². The number of rotatable bonds is 4. The van der Waals surface area contributed by atoms with Crippen LogP contribution in [0.4, 0.5) is 0 Å². The van der Waals surface area contributed by atoms with Gasteiger partial charge in [0.05, 0.1) is 18.0 Å². The molecule has 0 aliphatic heterocycles. The zero-order valence-corrected chi connectivity index (χ0v) is 10.6. The molecular formula is C11H14N4OS. The number of nitrogens with one attached hydrogen (secondary N) is 1. The molecule has 5 nitrogen and oxygen atoms in total. The lowest BCUT2D eigenvalue weighted by molar-refractivity contribution is 0.0951. The van der Waals surface area contributed by atoms with E-state index in [1.165, 1.54) is 11.5 Å². The minimum absolute atomic E-state index is 0.101. The predicted octanol–water partition coefficient (Wildman–Crippen LogP) is 1.85. The van der Waals surface area contributed by atoms with Gasteiger partial charge in [-0.3, -0.25) is 9.48 Å². The Labute approximate surface area is 104 Å². The largest absolute Gasteiger partial charge is 0.348 e. The Bertz CT molecular complexity index is 489. The van der Waals surface area contributed by atoms with E-state index in [9.17, 15) is 4.79 Å². The van der Waals surface area contributed by atoms with Crippen molar-refractivity contribution in [3.05, 3.63) is 35.1 Å². The van der Waals surface area contributed by atoms with E-state index in [0.717, 1.165) is 5.56 Å². The summed E-state index contributed by atoms with van der Waals surface area (Å²) in [6.07, 6.45) is 5.28. The number of amides is 1. The highest BCUT2D eigenvalue weighted by molar-refractivity contribution is 7.03. The van der Waals surface area contributed by atoms with Crippen LogP contribution >= 0.6 is 11.5 Å². The van der Waals surface area contributed by atoms with Crippen LogP contribution < -0.4 is 5.32 Å². The molecule has 0 spiro atoms. The molecule has 0 saturated carbocycles. The van der Waals surface area contributed by atoms with Crippen LogP contribution in [0.1, 0.15) is 35.8 Å². The molecule has 2 rings (SSSR count). The van der Waals surface area contributed by atoms with Crippen molar-refractivity contribution in [3.63, 3.8) is 0 Å². The minimum atomic E-state index is -0.101. The zero-order chi connectivity index (χ0) is 12.3. The maximum absolute atomic E-state index is 11.6. The van der Waals surface area contributed by atoms with Gasteiger partial charge in [-0.05, 0) is 25.4 Å². The molecule has 0 aliphatic rings. The van der Waals surface area contributed by atoms with Gasteiger partial charge in [0, 0.05) is 29.7 Å². The molecule has 90 valence electrons. The lowest BCUT2D eigenvalue weighted by Crippen LogP contribution is -2.22. The molecule has 0 saturated heterocycles. The molecule has 0 bridgehead atoms. The zero-order valence-electron chi connectivity index (χ0n) is 9.75. The van der Waals surface area contributed by atoms with Gasteiger partial charge in [-0.15, -0.1) is 0 Å². The van der Waals surface area contributed by atoms with Crippen LogP contribution in [0.3, 0.4) is 0 Å². The first kappa shape index (κ1) is 11.8. The molecule has 0 fully saturated rings. The fraction of sp³-hybridized carbons (Fsp3) is 0.364. The second kappa shape index (κ2) is 5.09. The van der Waals surface area contributed by atoms with E-state index >= 15 is 0 Å². The van der Waals surface area contributed by atoms with E-state index in [-0.39, 0.29) is 5.91 Å². The van der Waals surface area contributed by atoms with E-state index in [1.54, 1.807) is 17.8 Å². The number of carbonyl (C=O) groups excluding carboxylic acids is 1. The predicted molar refractivity (Wildman–Crippen MR) is 65.9 cm³/mol. The van der Waals surface area contributed by atoms with Crippen LogP contribution in [0, 0.1) is 0 Å². The first-order valence-corrected chi connectivity index (χ1v) is 6.21. The van der Waals surface area contributed by atoms with Crippen LogP contribution in [0.2, 0.25) is 0 Å². The molecule has 17 heavy (non-hydrogen) atoms. The van der Waals surface area contributed by atoms with Gasteiger partial charge in [-0.2, -0.15) is 5.10 Å². The fourth-order valence-electron chi connectivity index (χ4n) is 1.35. The first-order chi connectivity index (χ1) is 8.16. The van der Waals surface area contributed by atoms with Gasteiger partial charge in [0.25, 0.3) is 5.91 Å². The number of aromatic nitrogens is 3. The number of carbonyl (C=O) groups is 1. The Morgan fingerprint density at radius 3 is 2.94 bits per heavy atom. The molecule has 0 aromatic carbocycles. The molecular weight excluding hydrogens is 236 g/mol. The normalized spacial score (nSPS) is 10.8. The van der Waals surface area contributed by atoms with E-state index in [4.69, 9.17) is 0 Å². The monoisotopic (exact) mass is 250 g/mol. The van der Waals surface area contributed by atoms with Gasteiger partial charge >= 0.3 is 0 Å². The fourth-order valence-corrected chi connectivity index (χ4v) is 1.87. The quantitative estimate of drug-likeness (QED) is 0.901. The molecule has 2 heterocycles. The Morgan fingerprint density at radius 2 is 2.35 bits per heavy atom. The molecule has 0 radical (unpaired) electrons. The van der Waals surface area contributed by atoms with Crippen molar-refractivity contribution in [2.45, 2.75) is 26.4 Å². The summed E-state index contributed by atoms with van der Waals surface area (Å²) in [6.45, 7) is 4.61. The summed E-state index contributed by atoms with van der Waals surface area (Å²) in [4.78, 5) is 11.6. The molecule has 1 amide bonds. The lowest BCUT2D eigenvalue weighted by atomic mass is 10.3. The highest BCUT2D eigenvalue weighted by Crippen LogP contribution is 2.06. The number of nitrogens with zero attached hydrogens (tertiary/aromatic N) is 3. The second-order valence-corrected chi connectivity index (χ2v) is 4.68. The van der Waals surface area contributed by atoms with Crippen LogP contribution in [-0.2, 0) is 6.54 Å². The van der Waals surface area contributed by atoms with Crippen molar-refractivity contribution >= 4 is 17.4 Å². The highest BCUT2D eigenvalue weighted by atomic mass is 32.1. The maximum atomic E-state index is 11.6. The van der Waals surface area contributed by atoms with Crippen LogP contribution in [-0.4, -0.2) is 20.1 Å². The minimum Gasteiger partial charge on any atom is -0.348 e. The van der Waals surface area contributed by atoms with Crippen LogP contribution in [0.5, 0.6) is 0 Å². The Balaban J connectivity index is 1.91. The molecule has 2 aromatic rings. The van der Waals surface area contributed by atoms with E-state index in [1.807, 2.05) is 10.9 Å².